The summed E-state index contributed by atoms with van der Waals surface area (Å²) in [5, 5.41) is 4.46. The van der Waals surface area contributed by atoms with Crippen LogP contribution >= 0.6 is 0 Å². The molecule has 0 unspecified atom stereocenters. The minimum Gasteiger partial charge on any atom is -0.486 e. The second kappa shape index (κ2) is 9.79. The summed E-state index contributed by atoms with van der Waals surface area (Å²) in [7, 11) is 0. The lowest BCUT2D eigenvalue weighted by molar-refractivity contribution is -0.123. The molecule has 1 aromatic carbocycles. The molecule has 0 fully saturated rings. The first-order valence-corrected chi connectivity index (χ1v) is 8.64. The van der Waals surface area contributed by atoms with Crippen LogP contribution in [0.5, 0.6) is 5.75 Å². The van der Waals surface area contributed by atoms with E-state index in [1.807, 2.05) is 23.5 Å². The van der Waals surface area contributed by atoms with E-state index < -0.39 is 24.5 Å². The van der Waals surface area contributed by atoms with Crippen molar-refractivity contribution in [1.82, 2.24) is 10.6 Å². The predicted molar refractivity (Wildman–Crippen MR) is 98.9 cm³/mol. The average molecular weight is 398 g/mol. The van der Waals surface area contributed by atoms with E-state index in [1.165, 1.54) is 12.3 Å². The Labute approximate surface area is 165 Å². The summed E-state index contributed by atoms with van der Waals surface area (Å²) in [4.78, 5) is 35.2. The van der Waals surface area contributed by atoms with Crippen LogP contribution in [0.2, 0.25) is 0 Å². The highest BCUT2D eigenvalue weighted by atomic mass is 16.6. The molecule has 2 aromatic heterocycles. The van der Waals surface area contributed by atoms with Crippen LogP contribution < -0.4 is 15.4 Å². The SMILES string of the molecule is O=C(COC(=O)c1ccc(COc2ccccc2)o1)NC(=O)NCc1ccco1. The van der Waals surface area contributed by atoms with Crippen LogP contribution in [0.4, 0.5) is 4.79 Å². The fraction of sp³-hybridized carbons (Fsp3) is 0.150. The fourth-order valence-corrected chi connectivity index (χ4v) is 2.23. The van der Waals surface area contributed by atoms with E-state index >= 15 is 0 Å². The third kappa shape index (κ3) is 6.28. The van der Waals surface area contributed by atoms with Gasteiger partial charge in [-0.15, -0.1) is 0 Å². The number of esters is 1. The first-order chi connectivity index (χ1) is 14.1. The van der Waals surface area contributed by atoms with Gasteiger partial charge in [0.2, 0.25) is 5.76 Å². The van der Waals surface area contributed by atoms with Crippen molar-refractivity contribution in [3.63, 3.8) is 0 Å². The van der Waals surface area contributed by atoms with Crippen molar-refractivity contribution in [3.8, 4) is 5.75 Å². The maximum Gasteiger partial charge on any atom is 0.374 e. The highest BCUT2D eigenvalue weighted by Crippen LogP contribution is 2.14. The van der Waals surface area contributed by atoms with E-state index in [2.05, 4.69) is 5.32 Å². The van der Waals surface area contributed by atoms with Gasteiger partial charge in [-0.05, 0) is 36.4 Å². The Morgan fingerprint density at radius 3 is 2.52 bits per heavy atom. The lowest BCUT2D eigenvalue weighted by atomic mass is 10.3. The molecule has 9 heteroatoms. The molecular weight excluding hydrogens is 380 g/mol. The normalized spacial score (nSPS) is 10.2. The number of carbonyl (C=O) groups is 3. The van der Waals surface area contributed by atoms with Crippen LogP contribution in [-0.4, -0.2) is 24.5 Å². The van der Waals surface area contributed by atoms with Crippen LogP contribution in [0.15, 0.2) is 69.7 Å². The van der Waals surface area contributed by atoms with Gasteiger partial charge in [0.25, 0.3) is 5.91 Å². The number of hydrogen-bond acceptors (Lipinski definition) is 7. The molecule has 0 radical (unpaired) electrons. The predicted octanol–water partition coefficient (Wildman–Crippen LogP) is 2.63. The first kappa shape index (κ1) is 19.7. The maximum absolute atomic E-state index is 12.0. The summed E-state index contributed by atoms with van der Waals surface area (Å²) in [5.74, 6) is -0.0789. The number of benzene rings is 1. The van der Waals surface area contributed by atoms with E-state index in [4.69, 9.17) is 18.3 Å². The topological polar surface area (TPSA) is 120 Å². The molecule has 2 N–H and O–H groups in total. The minimum absolute atomic E-state index is 0.0771. The third-order valence-electron chi connectivity index (χ3n) is 3.58. The van der Waals surface area contributed by atoms with Crippen LogP contribution in [-0.2, 0) is 22.7 Å². The van der Waals surface area contributed by atoms with Gasteiger partial charge in [0.15, 0.2) is 6.61 Å². The van der Waals surface area contributed by atoms with Gasteiger partial charge in [0.1, 0.15) is 23.9 Å². The van der Waals surface area contributed by atoms with Crippen LogP contribution in [0, 0.1) is 0 Å². The maximum atomic E-state index is 12.0. The van der Waals surface area contributed by atoms with Crippen molar-refractivity contribution in [2.45, 2.75) is 13.2 Å². The molecule has 3 aromatic rings. The van der Waals surface area contributed by atoms with Crippen molar-refractivity contribution < 1.29 is 32.7 Å². The molecule has 0 bridgehead atoms. The average Bonchev–Trinajstić information content (AvgIpc) is 3.42. The number of para-hydroxylation sites is 1. The van der Waals surface area contributed by atoms with E-state index in [-0.39, 0.29) is 18.9 Å². The molecule has 150 valence electrons. The number of rotatable bonds is 8. The van der Waals surface area contributed by atoms with Gasteiger partial charge in [-0.2, -0.15) is 0 Å². The molecule has 0 spiro atoms. The lowest BCUT2D eigenvalue weighted by Gasteiger charge is -2.06. The highest BCUT2D eigenvalue weighted by Gasteiger charge is 2.16. The molecule has 0 aliphatic carbocycles. The Morgan fingerprint density at radius 1 is 0.931 bits per heavy atom. The van der Waals surface area contributed by atoms with Gasteiger partial charge >= 0.3 is 12.0 Å². The van der Waals surface area contributed by atoms with Crippen molar-refractivity contribution in [3.05, 3.63) is 78.1 Å². The zero-order chi connectivity index (χ0) is 20.5. The van der Waals surface area contributed by atoms with Crippen molar-refractivity contribution in [2.24, 2.45) is 0 Å². The largest absolute Gasteiger partial charge is 0.486 e. The molecule has 0 saturated carbocycles. The second-order valence-electron chi connectivity index (χ2n) is 5.75. The summed E-state index contributed by atoms with van der Waals surface area (Å²) in [6.07, 6.45) is 1.47. The van der Waals surface area contributed by atoms with Crippen molar-refractivity contribution >= 4 is 17.9 Å². The molecule has 0 atom stereocenters. The summed E-state index contributed by atoms with van der Waals surface area (Å²) < 4.78 is 20.7. The Balaban J connectivity index is 1.38. The number of carbonyl (C=O) groups excluding carboxylic acids is 3. The first-order valence-electron chi connectivity index (χ1n) is 8.64. The molecule has 3 amide bonds. The summed E-state index contributed by atoms with van der Waals surface area (Å²) in [6.45, 7) is -0.386. The number of amides is 3. The summed E-state index contributed by atoms with van der Waals surface area (Å²) >= 11 is 0. The fourth-order valence-electron chi connectivity index (χ4n) is 2.23. The van der Waals surface area contributed by atoms with Crippen LogP contribution in [0.25, 0.3) is 0 Å². The zero-order valence-corrected chi connectivity index (χ0v) is 15.3. The number of imide groups is 1. The molecule has 9 nitrogen and oxygen atoms in total. The Bertz CT molecular complexity index is 948. The van der Waals surface area contributed by atoms with Gasteiger partial charge < -0.3 is 23.6 Å². The van der Waals surface area contributed by atoms with Gasteiger partial charge in [-0.3, -0.25) is 10.1 Å². The van der Waals surface area contributed by atoms with Gasteiger partial charge in [-0.1, -0.05) is 18.2 Å². The lowest BCUT2D eigenvalue weighted by Crippen LogP contribution is -2.41. The van der Waals surface area contributed by atoms with Crippen LogP contribution in [0.1, 0.15) is 22.1 Å². The summed E-state index contributed by atoms with van der Waals surface area (Å²) in [6, 6.07) is 14.7. The Hall–Kier alpha value is -4.01. The monoisotopic (exact) mass is 398 g/mol. The molecule has 0 aliphatic rings. The number of ether oxygens (including phenoxy) is 2. The van der Waals surface area contributed by atoms with E-state index in [9.17, 15) is 14.4 Å². The molecular formula is C20H18N2O7. The third-order valence-corrected chi connectivity index (χ3v) is 3.58. The number of nitrogens with one attached hydrogen (secondary N) is 2. The van der Waals surface area contributed by atoms with Crippen LogP contribution in [0.3, 0.4) is 0 Å². The molecule has 0 aliphatic heterocycles. The molecule has 2 heterocycles. The van der Waals surface area contributed by atoms with E-state index in [0.717, 1.165) is 0 Å². The van der Waals surface area contributed by atoms with Gasteiger partial charge in [0, 0.05) is 0 Å². The minimum atomic E-state index is -0.831. The smallest absolute Gasteiger partial charge is 0.374 e. The number of furan rings is 2. The molecule has 29 heavy (non-hydrogen) atoms. The second-order valence-corrected chi connectivity index (χ2v) is 5.75. The number of urea groups is 1. The standard InChI is InChI=1S/C20H18N2O7/c23-18(22-20(25)21-11-15-7-4-10-26-15)13-28-19(24)17-9-8-16(29-17)12-27-14-5-2-1-3-6-14/h1-10H,11-13H2,(H2,21,22,23,25). The van der Waals surface area contributed by atoms with E-state index in [1.54, 1.807) is 30.3 Å². The summed E-state index contributed by atoms with van der Waals surface area (Å²) in [5.41, 5.74) is 0. The number of hydrogen-bond donors (Lipinski definition) is 2. The van der Waals surface area contributed by atoms with Crippen molar-refractivity contribution in [1.29, 1.82) is 0 Å². The Kier molecular flexibility index (Phi) is 6.66. The highest BCUT2D eigenvalue weighted by molar-refractivity contribution is 5.96. The van der Waals surface area contributed by atoms with Gasteiger partial charge in [0.05, 0.1) is 12.8 Å². The van der Waals surface area contributed by atoms with Gasteiger partial charge in [-0.25, -0.2) is 9.59 Å². The Morgan fingerprint density at radius 2 is 1.76 bits per heavy atom. The van der Waals surface area contributed by atoms with E-state index in [0.29, 0.717) is 17.3 Å². The van der Waals surface area contributed by atoms with Crippen molar-refractivity contribution in [2.75, 3.05) is 6.61 Å². The quantitative estimate of drug-likeness (QED) is 0.560. The zero-order valence-electron chi connectivity index (χ0n) is 15.3. The molecule has 0 saturated heterocycles. The molecule has 3 rings (SSSR count).